The van der Waals surface area contributed by atoms with Gasteiger partial charge >= 0.3 is 5.69 Å². The van der Waals surface area contributed by atoms with Crippen molar-refractivity contribution in [2.75, 3.05) is 7.11 Å². The van der Waals surface area contributed by atoms with Gasteiger partial charge in [-0.2, -0.15) is 14.8 Å². The van der Waals surface area contributed by atoms with Crippen LogP contribution >= 0.6 is 0 Å². The summed E-state index contributed by atoms with van der Waals surface area (Å²) in [7, 11) is 3.25. The minimum atomic E-state index is -0.926. The number of halogens is 1. The number of aliphatic hydroxyl groups is 1. The third-order valence-corrected chi connectivity index (χ3v) is 4.79. The Balaban J connectivity index is 2.07. The number of aromatic nitrogens is 6. The van der Waals surface area contributed by atoms with E-state index < -0.39 is 29.7 Å². The van der Waals surface area contributed by atoms with E-state index >= 15 is 4.39 Å². The second kappa shape index (κ2) is 10.0. The predicted octanol–water partition coefficient (Wildman–Crippen LogP) is 1.17. The summed E-state index contributed by atoms with van der Waals surface area (Å²) in [6.45, 7) is 5.12. The normalized spacial score (nSPS) is 11.4. The Bertz CT molecular complexity index is 1210. The van der Waals surface area contributed by atoms with E-state index in [2.05, 4.69) is 15.2 Å². The molecule has 3 aromatic rings. The number of aliphatic hydroxyl groups excluding tert-OH is 1. The molecule has 0 aliphatic rings. The molecule has 12 heteroatoms. The number of hydrogen-bond donors (Lipinski definition) is 1. The van der Waals surface area contributed by atoms with Gasteiger partial charge in [0.25, 0.3) is 0 Å². The zero-order valence-corrected chi connectivity index (χ0v) is 19.2. The van der Waals surface area contributed by atoms with Crippen LogP contribution in [-0.2, 0) is 38.0 Å². The zero-order valence-electron chi connectivity index (χ0n) is 19.2. The molecule has 0 radical (unpaired) electrons. The molecule has 0 aliphatic heterocycles. The second-order valence-electron chi connectivity index (χ2n) is 7.63. The quantitative estimate of drug-likeness (QED) is 0.445. The third kappa shape index (κ3) is 5.01. The van der Waals surface area contributed by atoms with Gasteiger partial charge in [-0.25, -0.2) is 9.18 Å². The molecule has 0 unspecified atom stereocenters. The molecule has 3 rings (SSSR count). The molecule has 0 bridgehead atoms. The van der Waals surface area contributed by atoms with E-state index in [0.29, 0.717) is 11.3 Å². The van der Waals surface area contributed by atoms with Gasteiger partial charge in [-0.15, -0.1) is 5.10 Å². The number of Topliss-reactive ketones (excluding diaryl/α,β-unsaturated/α-hetero) is 1. The maximum atomic E-state index is 15.1. The van der Waals surface area contributed by atoms with Gasteiger partial charge in [0.1, 0.15) is 6.61 Å². The maximum Gasteiger partial charge on any atom is 0.352 e. The van der Waals surface area contributed by atoms with Gasteiger partial charge in [-0.1, -0.05) is 0 Å². The Kier molecular flexibility index (Phi) is 7.39. The van der Waals surface area contributed by atoms with Crippen molar-refractivity contribution >= 4 is 5.78 Å². The lowest BCUT2D eigenvalue weighted by Crippen LogP contribution is -2.26. The van der Waals surface area contributed by atoms with Gasteiger partial charge in [0.2, 0.25) is 5.88 Å². The van der Waals surface area contributed by atoms with Crippen molar-refractivity contribution in [3.8, 4) is 11.7 Å². The SMILES string of the molecule is CCn1c(CO)nn(-c2nc(OC(C)C)c(C(=O)Cc3cn(C)nc3COC)cc2F)c1=O. The van der Waals surface area contributed by atoms with E-state index in [0.717, 1.165) is 10.7 Å². The second-order valence-corrected chi connectivity index (χ2v) is 7.63. The van der Waals surface area contributed by atoms with Crippen molar-refractivity contribution in [2.24, 2.45) is 7.05 Å². The number of methoxy groups -OCH3 is 1. The highest BCUT2D eigenvalue weighted by Crippen LogP contribution is 2.24. The van der Waals surface area contributed by atoms with Gasteiger partial charge in [-0.05, 0) is 26.8 Å². The van der Waals surface area contributed by atoms with E-state index in [-0.39, 0.29) is 42.9 Å². The molecule has 1 N–H and O–H groups in total. The lowest BCUT2D eigenvalue weighted by molar-refractivity contribution is 0.0984. The van der Waals surface area contributed by atoms with Crippen LogP contribution in [0.3, 0.4) is 0 Å². The number of carbonyl (C=O) groups is 1. The summed E-state index contributed by atoms with van der Waals surface area (Å²) in [4.78, 5) is 29.9. The van der Waals surface area contributed by atoms with Crippen LogP contribution in [0.2, 0.25) is 0 Å². The highest BCUT2D eigenvalue weighted by atomic mass is 19.1. The number of nitrogens with zero attached hydrogens (tertiary/aromatic N) is 6. The smallest absolute Gasteiger partial charge is 0.352 e. The fourth-order valence-electron chi connectivity index (χ4n) is 3.39. The highest BCUT2D eigenvalue weighted by Gasteiger charge is 2.25. The molecule has 3 aromatic heterocycles. The summed E-state index contributed by atoms with van der Waals surface area (Å²) in [6, 6.07) is 0.991. The molecule has 178 valence electrons. The number of pyridine rings is 1. The summed E-state index contributed by atoms with van der Waals surface area (Å²) in [5.74, 6) is -1.83. The van der Waals surface area contributed by atoms with E-state index in [1.165, 1.54) is 11.7 Å². The molecule has 0 saturated heterocycles. The lowest BCUT2D eigenvalue weighted by Gasteiger charge is -2.14. The lowest BCUT2D eigenvalue weighted by atomic mass is 10.0. The Morgan fingerprint density at radius 2 is 2.03 bits per heavy atom. The largest absolute Gasteiger partial charge is 0.474 e. The number of hydrogen-bond acceptors (Lipinski definition) is 8. The average molecular weight is 462 g/mol. The maximum absolute atomic E-state index is 15.1. The van der Waals surface area contributed by atoms with Crippen LogP contribution in [0.1, 0.15) is 48.2 Å². The van der Waals surface area contributed by atoms with Gasteiger partial charge in [-0.3, -0.25) is 14.0 Å². The van der Waals surface area contributed by atoms with Gasteiger partial charge in [0.15, 0.2) is 23.2 Å². The Labute approximate surface area is 189 Å². The Morgan fingerprint density at radius 3 is 2.61 bits per heavy atom. The number of carbonyl (C=O) groups excluding carboxylic acids is 1. The fourth-order valence-corrected chi connectivity index (χ4v) is 3.39. The highest BCUT2D eigenvalue weighted by molar-refractivity contribution is 5.99. The Hall–Kier alpha value is -3.38. The van der Waals surface area contributed by atoms with Crippen molar-refractivity contribution < 1.29 is 23.8 Å². The molecule has 33 heavy (non-hydrogen) atoms. The van der Waals surface area contributed by atoms with Crippen LogP contribution < -0.4 is 10.4 Å². The van der Waals surface area contributed by atoms with Crippen LogP contribution in [-0.4, -0.2) is 53.2 Å². The molecule has 0 spiro atoms. The third-order valence-electron chi connectivity index (χ3n) is 4.79. The molecular formula is C21H27FN6O5. The monoisotopic (exact) mass is 462 g/mol. The molecule has 0 aromatic carbocycles. The summed E-state index contributed by atoms with van der Waals surface area (Å²) >= 11 is 0. The van der Waals surface area contributed by atoms with Crippen molar-refractivity contribution in [3.05, 3.63) is 51.2 Å². The first-order chi connectivity index (χ1) is 15.7. The summed E-state index contributed by atoms with van der Waals surface area (Å²) in [5.41, 5.74) is 0.498. The van der Waals surface area contributed by atoms with Crippen LogP contribution in [0.25, 0.3) is 5.82 Å². The van der Waals surface area contributed by atoms with E-state index in [9.17, 15) is 14.7 Å². The molecule has 0 amide bonds. The molecule has 0 saturated carbocycles. The average Bonchev–Trinajstić information content (AvgIpc) is 3.27. The first-order valence-corrected chi connectivity index (χ1v) is 10.4. The first-order valence-electron chi connectivity index (χ1n) is 10.4. The standard InChI is InChI=1S/C21H27FN6O5/c1-6-27-18(10-29)25-28(21(27)31)19-15(22)8-14(20(23-19)33-12(2)3)17(30)7-13-9-26(4)24-16(13)11-32-5/h8-9,12,29H,6-7,10-11H2,1-5H3. The number of ketones is 1. The van der Waals surface area contributed by atoms with Crippen LogP contribution in [0.5, 0.6) is 5.88 Å². The number of ether oxygens (including phenoxy) is 2. The van der Waals surface area contributed by atoms with Crippen molar-refractivity contribution in [2.45, 2.75) is 53.1 Å². The molecule has 0 atom stereocenters. The van der Waals surface area contributed by atoms with Gasteiger partial charge in [0, 0.05) is 38.9 Å². The van der Waals surface area contributed by atoms with E-state index in [1.54, 1.807) is 38.7 Å². The predicted molar refractivity (Wildman–Crippen MR) is 115 cm³/mol. The van der Waals surface area contributed by atoms with Crippen LogP contribution in [0.15, 0.2) is 17.1 Å². The van der Waals surface area contributed by atoms with E-state index in [1.807, 2.05) is 0 Å². The zero-order chi connectivity index (χ0) is 24.3. The van der Waals surface area contributed by atoms with Crippen molar-refractivity contribution in [3.63, 3.8) is 0 Å². The summed E-state index contributed by atoms with van der Waals surface area (Å²) in [6.07, 6.45) is 1.25. The number of aryl methyl sites for hydroxylation is 1. The van der Waals surface area contributed by atoms with Crippen molar-refractivity contribution in [1.82, 2.24) is 29.1 Å². The number of rotatable bonds is 10. The first kappa shape index (κ1) is 24.3. The molecule has 0 aliphatic carbocycles. The molecule has 3 heterocycles. The van der Waals surface area contributed by atoms with Gasteiger partial charge < -0.3 is 14.6 Å². The van der Waals surface area contributed by atoms with Crippen LogP contribution in [0, 0.1) is 5.82 Å². The molecule has 0 fully saturated rings. The molecule has 11 nitrogen and oxygen atoms in total. The van der Waals surface area contributed by atoms with Gasteiger partial charge in [0.05, 0.1) is 24.0 Å². The topological polar surface area (TPSA) is 126 Å². The summed E-state index contributed by atoms with van der Waals surface area (Å²) < 4.78 is 29.4. The Morgan fingerprint density at radius 1 is 1.30 bits per heavy atom. The van der Waals surface area contributed by atoms with Crippen molar-refractivity contribution in [1.29, 1.82) is 0 Å². The summed E-state index contributed by atoms with van der Waals surface area (Å²) in [5, 5.41) is 17.7. The van der Waals surface area contributed by atoms with Crippen LogP contribution in [0.4, 0.5) is 4.39 Å². The molecular weight excluding hydrogens is 435 g/mol. The fraction of sp³-hybridized carbons (Fsp3) is 0.476. The minimum absolute atomic E-state index is 0.0671. The minimum Gasteiger partial charge on any atom is -0.474 e. The van der Waals surface area contributed by atoms with E-state index in [4.69, 9.17) is 9.47 Å².